The van der Waals surface area contributed by atoms with Crippen LogP contribution in [0.4, 0.5) is 0 Å². The van der Waals surface area contributed by atoms with E-state index >= 15 is 0 Å². The van der Waals surface area contributed by atoms with Crippen LogP contribution in [0.3, 0.4) is 0 Å². The van der Waals surface area contributed by atoms with Crippen molar-refractivity contribution in [2.24, 2.45) is 0 Å². The van der Waals surface area contributed by atoms with Gasteiger partial charge in [-0.25, -0.2) is 13.2 Å². The Labute approximate surface area is 129 Å². The Morgan fingerprint density at radius 1 is 1.14 bits per heavy atom. The fraction of sp³-hybridized carbons (Fsp3) is 0.235. The van der Waals surface area contributed by atoms with Crippen LogP contribution in [0.15, 0.2) is 58.5 Å². The van der Waals surface area contributed by atoms with Gasteiger partial charge in [0.25, 0.3) is 0 Å². The Morgan fingerprint density at radius 3 is 2.45 bits per heavy atom. The number of benzene rings is 1. The van der Waals surface area contributed by atoms with Gasteiger partial charge in [0.05, 0.1) is 10.5 Å². The van der Waals surface area contributed by atoms with E-state index in [9.17, 15) is 13.2 Å². The third-order valence-electron chi connectivity index (χ3n) is 3.82. The van der Waals surface area contributed by atoms with E-state index in [1.54, 1.807) is 24.3 Å². The van der Waals surface area contributed by atoms with Gasteiger partial charge >= 0.3 is 5.97 Å². The van der Waals surface area contributed by atoms with Crippen LogP contribution in [0.25, 0.3) is 5.57 Å². The summed E-state index contributed by atoms with van der Waals surface area (Å²) in [5.41, 5.74) is 3.25. The van der Waals surface area contributed by atoms with Crippen molar-refractivity contribution in [1.29, 1.82) is 0 Å². The number of hydrogen-bond acceptors (Lipinski definition) is 4. The maximum atomic E-state index is 12.0. The Balaban J connectivity index is 2.05. The summed E-state index contributed by atoms with van der Waals surface area (Å²) in [6, 6.07) is 6.58. The second-order valence-electron chi connectivity index (χ2n) is 5.38. The zero-order chi connectivity index (χ0) is 15.7. The van der Waals surface area contributed by atoms with Crippen molar-refractivity contribution in [3.63, 3.8) is 0 Å². The van der Waals surface area contributed by atoms with Gasteiger partial charge in [-0.1, -0.05) is 30.4 Å². The van der Waals surface area contributed by atoms with Crippen LogP contribution in [0, 0.1) is 0 Å². The SMILES string of the molecule is CS(=O)(=O)c1ccc(C2=C(C3=CC=CCC3)C(=O)OC2)cc1. The molecule has 0 unspecified atom stereocenters. The molecule has 1 aliphatic heterocycles. The number of allylic oxidation sites excluding steroid dienone is 3. The molecule has 4 nitrogen and oxygen atoms in total. The maximum Gasteiger partial charge on any atom is 0.339 e. The number of carbonyl (C=O) groups is 1. The van der Waals surface area contributed by atoms with E-state index in [1.165, 1.54) is 6.26 Å². The molecule has 1 aromatic rings. The summed E-state index contributed by atoms with van der Waals surface area (Å²) in [6.45, 7) is 0.230. The molecule has 114 valence electrons. The molecular weight excluding hydrogens is 300 g/mol. The molecule has 0 bridgehead atoms. The molecule has 0 saturated heterocycles. The highest BCUT2D eigenvalue weighted by Crippen LogP contribution is 2.34. The molecule has 1 heterocycles. The van der Waals surface area contributed by atoms with E-state index in [-0.39, 0.29) is 17.5 Å². The summed E-state index contributed by atoms with van der Waals surface area (Å²) in [4.78, 5) is 12.3. The zero-order valence-corrected chi connectivity index (χ0v) is 13.0. The van der Waals surface area contributed by atoms with Crippen LogP contribution in [0.2, 0.25) is 0 Å². The van der Waals surface area contributed by atoms with Crippen LogP contribution in [0.1, 0.15) is 18.4 Å². The standard InChI is InChI=1S/C17H16O4S/c1-22(19,20)14-9-7-12(8-10-14)15-11-21-17(18)16(15)13-5-3-2-4-6-13/h2-3,5,7-10H,4,6,11H2,1H3. The lowest BCUT2D eigenvalue weighted by atomic mass is 9.92. The first-order chi connectivity index (χ1) is 10.5. The molecule has 0 aromatic heterocycles. The first-order valence-corrected chi connectivity index (χ1v) is 8.93. The minimum absolute atomic E-state index is 0.230. The molecule has 0 atom stereocenters. The van der Waals surface area contributed by atoms with E-state index in [1.807, 2.05) is 12.2 Å². The highest BCUT2D eigenvalue weighted by molar-refractivity contribution is 7.90. The molecule has 1 aromatic carbocycles. The lowest BCUT2D eigenvalue weighted by molar-refractivity contribution is -0.135. The van der Waals surface area contributed by atoms with Gasteiger partial charge < -0.3 is 4.74 Å². The van der Waals surface area contributed by atoms with Gasteiger partial charge in [-0.3, -0.25) is 0 Å². The van der Waals surface area contributed by atoms with Crippen molar-refractivity contribution in [3.05, 3.63) is 59.2 Å². The van der Waals surface area contributed by atoms with Crippen molar-refractivity contribution in [2.75, 3.05) is 12.9 Å². The number of rotatable bonds is 3. The average Bonchev–Trinajstić information content (AvgIpc) is 2.89. The number of ether oxygens (including phenoxy) is 1. The topological polar surface area (TPSA) is 60.4 Å². The van der Waals surface area contributed by atoms with Crippen LogP contribution in [-0.4, -0.2) is 27.2 Å². The lowest BCUT2D eigenvalue weighted by Crippen LogP contribution is -2.03. The summed E-state index contributed by atoms with van der Waals surface area (Å²) in [6.07, 6.45) is 8.84. The monoisotopic (exact) mass is 316 g/mol. The van der Waals surface area contributed by atoms with Gasteiger partial charge in [0.2, 0.25) is 0 Å². The van der Waals surface area contributed by atoms with Gasteiger partial charge in [0, 0.05) is 11.8 Å². The largest absolute Gasteiger partial charge is 0.457 e. The first-order valence-electron chi connectivity index (χ1n) is 7.03. The summed E-state index contributed by atoms with van der Waals surface area (Å²) in [5, 5.41) is 0. The molecule has 1 aliphatic carbocycles. The first kappa shape index (κ1) is 14.8. The van der Waals surface area contributed by atoms with Crippen molar-refractivity contribution in [3.8, 4) is 0 Å². The molecule has 22 heavy (non-hydrogen) atoms. The van der Waals surface area contributed by atoms with E-state index in [0.29, 0.717) is 5.57 Å². The lowest BCUT2D eigenvalue weighted by Gasteiger charge is -2.10. The third kappa shape index (κ3) is 2.76. The van der Waals surface area contributed by atoms with Crippen molar-refractivity contribution >= 4 is 21.4 Å². The molecule has 5 heteroatoms. The second-order valence-corrected chi connectivity index (χ2v) is 7.40. The number of esters is 1. The molecular formula is C17H16O4S. The molecule has 0 amide bonds. The Bertz CT molecular complexity index is 809. The maximum absolute atomic E-state index is 12.0. The van der Waals surface area contributed by atoms with E-state index in [4.69, 9.17) is 4.74 Å². The van der Waals surface area contributed by atoms with Crippen LogP contribution >= 0.6 is 0 Å². The van der Waals surface area contributed by atoms with Crippen molar-refractivity contribution < 1.29 is 17.9 Å². The van der Waals surface area contributed by atoms with Gasteiger partial charge in [0.1, 0.15) is 6.61 Å². The quantitative estimate of drug-likeness (QED) is 0.804. The van der Waals surface area contributed by atoms with Crippen LogP contribution < -0.4 is 0 Å². The summed E-state index contributed by atoms with van der Waals surface area (Å²) in [7, 11) is -3.22. The third-order valence-corrected chi connectivity index (χ3v) is 4.95. The number of cyclic esters (lactones) is 1. The predicted molar refractivity (Wildman–Crippen MR) is 83.9 cm³/mol. The molecule has 0 saturated carbocycles. The molecule has 3 rings (SSSR count). The smallest absolute Gasteiger partial charge is 0.339 e. The van der Waals surface area contributed by atoms with E-state index in [0.717, 1.165) is 29.6 Å². The molecule has 2 aliphatic rings. The Hall–Kier alpha value is -2.14. The summed E-state index contributed by atoms with van der Waals surface area (Å²) >= 11 is 0. The van der Waals surface area contributed by atoms with Gasteiger partial charge in [-0.05, 0) is 36.1 Å². The fourth-order valence-corrected chi connectivity index (χ4v) is 3.30. The average molecular weight is 316 g/mol. The molecule has 0 radical (unpaired) electrons. The van der Waals surface area contributed by atoms with Crippen LogP contribution in [0.5, 0.6) is 0 Å². The Kier molecular flexibility index (Phi) is 3.74. The van der Waals surface area contributed by atoms with Crippen LogP contribution in [-0.2, 0) is 19.4 Å². The minimum atomic E-state index is -3.22. The molecule has 0 fully saturated rings. The van der Waals surface area contributed by atoms with Gasteiger partial charge in [0.15, 0.2) is 9.84 Å². The van der Waals surface area contributed by atoms with Gasteiger partial charge in [-0.2, -0.15) is 0 Å². The van der Waals surface area contributed by atoms with Gasteiger partial charge in [-0.15, -0.1) is 0 Å². The molecule has 0 N–H and O–H groups in total. The van der Waals surface area contributed by atoms with Crippen molar-refractivity contribution in [2.45, 2.75) is 17.7 Å². The molecule has 0 spiro atoms. The highest BCUT2D eigenvalue weighted by Gasteiger charge is 2.28. The Morgan fingerprint density at radius 2 is 1.86 bits per heavy atom. The predicted octanol–water partition coefficient (Wildman–Crippen LogP) is 2.68. The number of sulfone groups is 1. The van der Waals surface area contributed by atoms with E-state index in [2.05, 4.69) is 6.08 Å². The summed E-state index contributed by atoms with van der Waals surface area (Å²) in [5.74, 6) is -0.302. The highest BCUT2D eigenvalue weighted by atomic mass is 32.2. The number of hydrogen-bond donors (Lipinski definition) is 0. The van der Waals surface area contributed by atoms with E-state index < -0.39 is 9.84 Å². The summed E-state index contributed by atoms with van der Waals surface area (Å²) < 4.78 is 28.2. The second kappa shape index (κ2) is 5.57. The van der Waals surface area contributed by atoms with Crippen molar-refractivity contribution in [1.82, 2.24) is 0 Å². The zero-order valence-electron chi connectivity index (χ0n) is 12.2. The number of carbonyl (C=O) groups excluding carboxylic acids is 1. The fourth-order valence-electron chi connectivity index (χ4n) is 2.67. The normalized spacial score (nSPS) is 18.4. The minimum Gasteiger partial charge on any atom is -0.457 e.